The summed E-state index contributed by atoms with van der Waals surface area (Å²) in [6.07, 6.45) is 3.01. The molecule has 3 heteroatoms. The molecule has 19 heavy (non-hydrogen) atoms. The molecule has 0 saturated heterocycles. The number of esters is 1. The molecule has 0 saturated carbocycles. The van der Waals surface area contributed by atoms with Gasteiger partial charge in [-0.05, 0) is 29.8 Å². The minimum Gasteiger partial charge on any atom is -0.466 e. The van der Waals surface area contributed by atoms with Gasteiger partial charge in [0.1, 0.15) is 0 Å². The second-order valence-corrected chi connectivity index (χ2v) is 4.25. The second kappa shape index (κ2) is 4.61. The molecule has 0 atom stereocenters. The summed E-state index contributed by atoms with van der Waals surface area (Å²) in [4.78, 5) is 14.4. The van der Waals surface area contributed by atoms with Gasteiger partial charge in [0.05, 0.1) is 8.48 Å². The number of H-pyrrole nitrogens is 1. The van der Waals surface area contributed by atoms with Crippen LogP contribution in [0.25, 0.3) is 27.9 Å². The Hall–Kier alpha value is -2.55. The lowest BCUT2D eigenvalue weighted by molar-refractivity contribution is -0.134. The van der Waals surface area contributed by atoms with Crippen molar-refractivity contribution in [1.29, 1.82) is 0 Å². The molecule has 1 N–H and O–H groups in total. The van der Waals surface area contributed by atoms with Gasteiger partial charge in [-0.2, -0.15) is 0 Å². The first kappa shape index (κ1) is 10.4. The van der Waals surface area contributed by atoms with Gasteiger partial charge in [-0.25, -0.2) is 4.79 Å². The number of methoxy groups -OCH3 is 1. The molecule has 2 aromatic carbocycles. The van der Waals surface area contributed by atoms with Gasteiger partial charge < -0.3 is 9.72 Å². The molecule has 3 rings (SSSR count). The quantitative estimate of drug-likeness (QED) is 0.560. The Morgan fingerprint density at radius 1 is 1.26 bits per heavy atom. The third kappa shape index (κ3) is 2.10. The summed E-state index contributed by atoms with van der Waals surface area (Å²) in [5, 5.41) is 2.06. The van der Waals surface area contributed by atoms with Crippen molar-refractivity contribution < 1.29 is 10.9 Å². The van der Waals surface area contributed by atoms with E-state index in [-0.39, 0.29) is 0 Å². The van der Waals surface area contributed by atoms with Crippen LogP contribution < -0.4 is 0 Å². The zero-order valence-electron chi connectivity index (χ0n) is 11.4. The number of aromatic nitrogens is 1. The fourth-order valence-electron chi connectivity index (χ4n) is 2.12. The zero-order valence-corrected chi connectivity index (χ0v) is 10.4. The number of rotatable bonds is 2. The fourth-order valence-corrected chi connectivity index (χ4v) is 2.12. The van der Waals surface area contributed by atoms with Crippen LogP contribution in [-0.2, 0) is 9.53 Å². The highest BCUT2D eigenvalue weighted by Crippen LogP contribution is 2.26. The van der Waals surface area contributed by atoms with Crippen LogP contribution in [0.3, 0.4) is 0 Å². The molecule has 0 aliphatic carbocycles. The van der Waals surface area contributed by atoms with Gasteiger partial charge in [-0.15, -0.1) is 0 Å². The monoisotopic (exact) mass is 252 g/mol. The van der Waals surface area contributed by atoms with E-state index < -0.39 is 5.97 Å². The molecule has 0 fully saturated rings. The minimum atomic E-state index is -0.407. The SMILES string of the molecule is [2H]c1cc(C=CC(=O)OC)cc2c1[nH]c1ccccc12. The van der Waals surface area contributed by atoms with Crippen molar-refractivity contribution in [3.63, 3.8) is 0 Å². The lowest BCUT2D eigenvalue weighted by Gasteiger charge is -1.95. The number of para-hydroxylation sites is 1. The van der Waals surface area contributed by atoms with Gasteiger partial charge in [-0.3, -0.25) is 0 Å². The number of benzene rings is 2. The average Bonchev–Trinajstić information content (AvgIpc) is 2.84. The Bertz CT molecular complexity index is 833. The summed E-state index contributed by atoms with van der Waals surface area (Å²) >= 11 is 0. The lowest BCUT2D eigenvalue weighted by Crippen LogP contribution is -1.93. The van der Waals surface area contributed by atoms with Crippen LogP contribution in [0.4, 0.5) is 0 Å². The maximum absolute atomic E-state index is 11.1. The van der Waals surface area contributed by atoms with Crippen molar-refractivity contribution in [2.45, 2.75) is 0 Å². The van der Waals surface area contributed by atoms with Crippen LogP contribution in [0.2, 0.25) is 0 Å². The standard InChI is InChI=1S/C16H13NO2/c1-19-16(18)9-7-11-6-8-15-13(10-11)12-4-2-3-5-14(12)17-15/h2-10,17H,1H3/i8D. The Labute approximate surface area is 111 Å². The van der Waals surface area contributed by atoms with Crippen LogP contribution >= 0.6 is 0 Å². The van der Waals surface area contributed by atoms with E-state index in [9.17, 15) is 4.79 Å². The Morgan fingerprint density at radius 2 is 2.11 bits per heavy atom. The first-order valence-electron chi connectivity index (χ1n) is 6.46. The first-order valence-corrected chi connectivity index (χ1v) is 5.96. The number of carbonyl (C=O) groups excluding carboxylic acids is 1. The maximum Gasteiger partial charge on any atom is 0.330 e. The minimum absolute atomic E-state index is 0.406. The Morgan fingerprint density at radius 3 is 2.95 bits per heavy atom. The molecule has 0 amide bonds. The third-order valence-corrected chi connectivity index (χ3v) is 3.05. The highest BCUT2D eigenvalue weighted by molar-refractivity contribution is 6.07. The average molecular weight is 252 g/mol. The molecule has 0 aliphatic heterocycles. The molecule has 3 aromatic rings. The van der Waals surface area contributed by atoms with E-state index in [2.05, 4.69) is 9.72 Å². The molecular weight excluding hydrogens is 238 g/mol. The molecule has 1 aromatic heterocycles. The van der Waals surface area contributed by atoms with E-state index >= 15 is 0 Å². The van der Waals surface area contributed by atoms with E-state index in [0.29, 0.717) is 6.04 Å². The molecule has 0 aliphatic rings. The van der Waals surface area contributed by atoms with Crippen LogP contribution in [0.1, 0.15) is 6.93 Å². The fraction of sp³-hybridized carbons (Fsp3) is 0.0625. The molecule has 3 nitrogen and oxygen atoms in total. The van der Waals surface area contributed by atoms with Crippen molar-refractivity contribution in [2.75, 3.05) is 7.11 Å². The molecule has 0 spiro atoms. The van der Waals surface area contributed by atoms with E-state index in [4.69, 9.17) is 1.37 Å². The van der Waals surface area contributed by atoms with Gasteiger partial charge in [0.2, 0.25) is 0 Å². The largest absolute Gasteiger partial charge is 0.466 e. The predicted octanol–water partition coefficient (Wildman–Crippen LogP) is 3.51. The number of hydrogen-bond acceptors (Lipinski definition) is 2. The molecule has 0 unspecified atom stereocenters. The van der Waals surface area contributed by atoms with Gasteiger partial charge in [0.15, 0.2) is 0 Å². The van der Waals surface area contributed by atoms with Crippen LogP contribution in [0.5, 0.6) is 0 Å². The summed E-state index contributed by atoms with van der Waals surface area (Å²) in [5.41, 5.74) is 2.61. The zero-order chi connectivity index (χ0) is 14.1. The molecule has 94 valence electrons. The van der Waals surface area contributed by atoms with Crippen LogP contribution in [0.15, 0.2) is 48.5 Å². The van der Waals surface area contributed by atoms with Crippen LogP contribution in [0, 0.1) is 0 Å². The van der Waals surface area contributed by atoms with E-state index in [1.165, 1.54) is 13.2 Å². The third-order valence-electron chi connectivity index (χ3n) is 3.05. The van der Waals surface area contributed by atoms with Crippen molar-refractivity contribution in [2.24, 2.45) is 0 Å². The van der Waals surface area contributed by atoms with E-state index in [0.717, 1.165) is 27.4 Å². The smallest absolute Gasteiger partial charge is 0.330 e. The van der Waals surface area contributed by atoms with Crippen LogP contribution in [-0.4, -0.2) is 18.1 Å². The Balaban J connectivity index is 2.19. The topological polar surface area (TPSA) is 42.1 Å². The van der Waals surface area contributed by atoms with Crippen molar-refractivity contribution >= 4 is 33.9 Å². The summed E-state index contributed by atoms with van der Waals surface area (Å²) in [5.74, 6) is -0.407. The van der Waals surface area contributed by atoms with Gasteiger partial charge in [0.25, 0.3) is 0 Å². The molecular formula is C16H13NO2. The summed E-state index contributed by atoms with van der Waals surface area (Å²) in [6.45, 7) is 0. The molecule has 0 radical (unpaired) electrons. The number of aromatic amines is 1. The van der Waals surface area contributed by atoms with Gasteiger partial charge in [-0.1, -0.05) is 24.3 Å². The highest BCUT2D eigenvalue weighted by Gasteiger charge is 2.03. The number of carbonyl (C=O) groups is 1. The number of fused-ring (bicyclic) bond motifs is 3. The van der Waals surface area contributed by atoms with E-state index in [1.807, 2.05) is 30.3 Å². The highest BCUT2D eigenvalue weighted by atomic mass is 16.5. The Kier molecular flexibility index (Phi) is 2.52. The number of nitrogens with one attached hydrogen (secondary N) is 1. The van der Waals surface area contributed by atoms with Crippen molar-refractivity contribution in [3.05, 3.63) is 54.1 Å². The number of ether oxygens (including phenoxy) is 1. The van der Waals surface area contributed by atoms with Crippen molar-refractivity contribution in [3.8, 4) is 0 Å². The summed E-state index contributed by atoms with van der Waals surface area (Å²) < 4.78 is 12.7. The van der Waals surface area contributed by atoms with Gasteiger partial charge >= 0.3 is 5.97 Å². The molecule has 0 bridgehead atoms. The molecule has 1 heterocycles. The van der Waals surface area contributed by atoms with Gasteiger partial charge in [0, 0.05) is 27.9 Å². The summed E-state index contributed by atoms with van der Waals surface area (Å²) in [6, 6.07) is 12.0. The summed E-state index contributed by atoms with van der Waals surface area (Å²) in [7, 11) is 1.34. The predicted molar refractivity (Wildman–Crippen MR) is 76.9 cm³/mol. The second-order valence-electron chi connectivity index (χ2n) is 4.25. The number of hydrogen-bond donors (Lipinski definition) is 1. The van der Waals surface area contributed by atoms with Crippen molar-refractivity contribution in [1.82, 2.24) is 4.98 Å². The first-order chi connectivity index (χ1) is 9.69. The normalized spacial score (nSPS) is 12.2. The maximum atomic E-state index is 11.1. The lowest BCUT2D eigenvalue weighted by atomic mass is 10.1. The van der Waals surface area contributed by atoms with E-state index in [1.54, 1.807) is 12.1 Å².